The Morgan fingerprint density at radius 2 is 1.10 bits per heavy atom. The summed E-state index contributed by atoms with van der Waals surface area (Å²) in [5.74, 6) is 3.10. The molecule has 0 amide bonds. The van der Waals surface area contributed by atoms with Gasteiger partial charge in [-0.1, -0.05) is 46.1 Å². The maximum atomic E-state index is 11.8. The topological polar surface area (TPSA) is 189 Å². The lowest BCUT2D eigenvalue weighted by Crippen LogP contribution is -2.12. The molecule has 6 atom stereocenters. The van der Waals surface area contributed by atoms with Crippen LogP contribution in [0.25, 0.3) is 0 Å². The highest BCUT2D eigenvalue weighted by Crippen LogP contribution is 2.47. The van der Waals surface area contributed by atoms with Crippen LogP contribution in [-0.2, 0) is 51.8 Å². The number of allylic oxidation sites excluding steroid dienone is 1. The smallest absolute Gasteiger partial charge is 0.341 e. The average Bonchev–Trinajstić information content (AvgIpc) is 3.93. The van der Waals surface area contributed by atoms with Crippen LogP contribution in [-0.4, -0.2) is 85.7 Å². The van der Waals surface area contributed by atoms with Crippen LogP contribution in [0.5, 0.6) is 0 Å². The number of Topliss-reactive ketones (excluding diaryl/α,β-unsaturated/α-hetero) is 1. The molecule has 0 aromatic carbocycles. The zero-order chi connectivity index (χ0) is 44.5. The lowest BCUT2D eigenvalue weighted by Gasteiger charge is -2.15. The van der Waals surface area contributed by atoms with E-state index in [2.05, 4.69) is 32.4 Å². The number of carbonyl (C=O) groups excluding carboxylic acids is 4. The van der Waals surface area contributed by atoms with Crippen molar-refractivity contribution < 1.29 is 62.0 Å². The molecule has 0 spiro atoms. The van der Waals surface area contributed by atoms with E-state index in [1.54, 1.807) is 33.8 Å². The van der Waals surface area contributed by atoms with Crippen LogP contribution in [0.4, 0.5) is 0 Å². The number of ketones is 1. The Bertz CT molecular complexity index is 1210. The molecule has 0 aromatic heterocycles. The third-order valence-corrected chi connectivity index (χ3v) is 11.7. The van der Waals surface area contributed by atoms with Crippen LogP contribution < -0.4 is 0 Å². The Balaban J connectivity index is 0. The van der Waals surface area contributed by atoms with Gasteiger partial charge in [0.05, 0.1) is 33.0 Å². The van der Waals surface area contributed by atoms with Crippen molar-refractivity contribution in [1.82, 2.24) is 0 Å². The first-order valence-electron chi connectivity index (χ1n) is 21.8. The Labute approximate surface area is 350 Å². The normalized spacial score (nSPS) is 23.8. The molecule has 13 nitrogen and oxygen atoms in total. The van der Waals surface area contributed by atoms with Crippen molar-refractivity contribution in [3.63, 3.8) is 0 Å². The zero-order valence-electron chi connectivity index (χ0n) is 37.7. The van der Waals surface area contributed by atoms with E-state index in [1.807, 2.05) is 13.8 Å². The van der Waals surface area contributed by atoms with Gasteiger partial charge in [0, 0.05) is 38.4 Å². The molecule has 2 unspecified atom stereocenters. The summed E-state index contributed by atoms with van der Waals surface area (Å²) in [6, 6.07) is 0. The first-order valence-corrected chi connectivity index (χ1v) is 23.5. The Kier molecular flexibility index (Phi) is 34.9. The van der Waals surface area contributed by atoms with Crippen LogP contribution in [0.15, 0.2) is 11.6 Å². The van der Waals surface area contributed by atoms with Crippen LogP contribution >= 0.6 is 7.60 Å². The summed E-state index contributed by atoms with van der Waals surface area (Å²) in [5.41, 5.74) is 1.25. The first kappa shape index (κ1) is 57.5. The van der Waals surface area contributed by atoms with E-state index in [0.29, 0.717) is 49.6 Å². The number of hydrogen-bond acceptors (Lipinski definition) is 12. The molecular formula is C44H81O13P. The summed E-state index contributed by atoms with van der Waals surface area (Å²) in [7, 11) is -3.28. The van der Waals surface area contributed by atoms with Gasteiger partial charge in [-0.15, -0.1) is 0 Å². The average molecular weight is 849 g/mol. The molecule has 4 saturated carbocycles. The number of carboxylic acids is 1. The van der Waals surface area contributed by atoms with Crippen LogP contribution in [0.1, 0.15) is 159 Å². The molecule has 0 saturated heterocycles. The van der Waals surface area contributed by atoms with Gasteiger partial charge in [-0.2, -0.15) is 0 Å². The van der Waals surface area contributed by atoms with Crippen molar-refractivity contribution in [2.45, 2.75) is 159 Å². The highest BCUT2D eigenvalue weighted by molar-refractivity contribution is 7.54. The van der Waals surface area contributed by atoms with E-state index in [0.717, 1.165) is 62.7 Å². The van der Waals surface area contributed by atoms with Gasteiger partial charge in [-0.3, -0.25) is 23.7 Å². The van der Waals surface area contributed by atoms with Gasteiger partial charge in [0.25, 0.3) is 0 Å². The first-order chi connectivity index (χ1) is 27.4. The van der Waals surface area contributed by atoms with Crippen molar-refractivity contribution in [2.75, 3.05) is 45.8 Å². The fraction of sp³-hybridized carbons (Fsp3) is 0.841. The van der Waals surface area contributed by atoms with Crippen molar-refractivity contribution in [2.24, 2.45) is 35.5 Å². The number of esters is 3. The van der Waals surface area contributed by atoms with Gasteiger partial charge >= 0.3 is 31.5 Å². The maximum absolute atomic E-state index is 11.8. The zero-order valence-corrected chi connectivity index (χ0v) is 38.6. The van der Waals surface area contributed by atoms with Gasteiger partial charge in [-0.25, -0.2) is 4.79 Å². The number of ether oxygens (including phenoxy) is 3. The second-order valence-corrected chi connectivity index (χ2v) is 17.7. The summed E-state index contributed by atoms with van der Waals surface area (Å²) >= 11 is 0. The Hall–Kier alpha value is -2.60. The maximum Gasteiger partial charge on any atom is 0.341 e. The highest BCUT2D eigenvalue weighted by atomic mass is 31.2. The number of rotatable bonds is 14. The fourth-order valence-corrected chi connectivity index (χ4v) is 8.63. The number of carbonyl (C=O) groups is 5. The van der Waals surface area contributed by atoms with Crippen molar-refractivity contribution in [3.8, 4) is 0 Å². The molecule has 4 rings (SSSR count). The molecule has 4 aliphatic rings. The van der Waals surface area contributed by atoms with Gasteiger partial charge in [-0.05, 0) is 128 Å². The summed E-state index contributed by atoms with van der Waals surface area (Å²) in [4.78, 5) is 53.9. The van der Waals surface area contributed by atoms with Crippen LogP contribution in [0.2, 0.25) is 0 Å². The van der Waals surface area contributed by atoms with E-state index in [1.165, 1.54) is 37.7 Å². The summed E-state index contributed by atoms with van der Waals surface area (Å²) < 4.78 is 36.0. The number of aliphatic carboxylic acids is 1. The lowest BCUT2D eigenvalue weighted by atomic mass is 10.0. The predicted octanol–water partition coefficient (Wildman–Crippen LogP) is 9.76. The van der Waals surface area contributed by atoms with E-state index in [-0.39, 0.29) is 44.5 Å². The third-order valence-electron chi connectivity index (χ3n) is 9.78. The van der Waals surface area contributed by atoms with Crippen molar-refractivity contribution >= 4 is 37.3 Å². The minimum Gasteiger partial charge on any atom is -0.481 e. The SMILES string of the molecule is CCO.CCOC(=O)C=C1CC[C@@H](C)C1.CCOC(=O)CC1CC[C@@H](C)C1.CCOC(=O)CP(=O)(OCC)OCC.C[C@@H]1CCC(=O)C1.C[C@@H]1CCC(CC(=O)O)C1. The largest absolute Gasteiger partial charge is 0.481 e. The predicted molar refractivity (Wildman–Crippen MR) is 227 cm³/mol. The summed E-state index contributed by atoms with van der Waals surface area (Å²) in [6.45, 7) is 21.2. The molecule has 0 aromatic rings. The molecule has 58 heavy (non-hydrogen) atoms. The fourth-order valence-electron chi connectivity index (χ4n) is 7.18. The molecule has 0 radical (unpaired) electrons. The monoisotopic (exact) mass is 849 g/mol. The quantitative estimate of drug-likeness (QED) is 0.0728. The van der Waals surface area contributed by atoms with Crippen LogP contribution in [0.3, 0.4) is 0 Å². The molecule has 2 N–H and O–H groups in total. The number of aliphatic hydroxyl groups excluding tert-OH is 1. The summed E-state index contributed by atoms with van der Waals surface area (Å²) in [6.07, 6.45) is 15.7. The van der Waals surface area contributed by atoms with Gasteiger partial charge < -0.3 is 33.5 Å². The molecule has 340 valence electrons. The number of hydrogen-bond donors (Lipinski definition) is 2. The number of aliphatic hydroxyl groups is 1. The van der Waals surface area contributed by atoms with Crippen molar-refractivity contribution in [1.29, 1.82) is 0 Å². The van der Waals surface area contributed by atoms with E-state index in [4.69, 9.17) is 28.7 Å². The highest BCUT2D eigenvalue weighted by Gasteiger charge is 2.28. The molecule has 0 heterocycles. The minimum absolute atomic E-state index is 0.0170. The lowest BCUT2D eigenvalue weighted by molar-refractivity contribution is -0.144. The second-order valence-electron chi connectivity index (χ2n) is 15.7. The van der Waals surface area contributed by atoms with Gasteiger partial charge in [0.2, 0.25) is 0 Å². The molecular weight excluding hydrogens is 767 g/mol. The second kappa shape index (κ2) is 35.2. The summed E-state index contributed by atoms with van der Waals surface area (Å²) in [5, 5.41) is 16.0. The molecule has 4 fully saturated rings. The standard InChI is InChI=1S/C10H18O2.C10H16O2.C8H17O5P.C8H14O2.C6H10O.C2H6O/c2*1-3-12-10(11)7-9-5-4-8(2)6-9;1-4-11-8(9)7-14(10,12-5-2)13-6-3;1-6-2-3-7(4-6)5-8(9)10;1-5-2-3-6(7)4-5;1-2-3/h8-9H,3-7H2,1-2H3;7-8H,3-6H2,1-2H3;4-7H2,1-3H3;6-7H,2-5H2,1H3,(H,9,10);5H,2-4H2,1H3;3H,2H2,1H3/t8-,9?;8-;;6-,7?;5-;/m11.11./s1. The van der Waals surface area contributed by atoms with E-state index in [9.17, 15) is 28.5 Å². The molecule has 0 bridgehead atoms. The molecule has 0 aliphatic heterocycles. The molecule has 14 heteroatoms. The Morgan fingerprint density at radius 1 is 0.638 bits per heavy atom. The van der Waals surface area contributed by atoms with Crippen molar-refractivity contribution in [3.05, 3.63) is 11.6 Å². The number of carboxylic acid groups (broad SMARTS) is 1. The van der Waals surface area contributed by atoms with Gasteiger partial charge in [0.15, 0.2) is 0 Å². The van der Waals surface area contributed by atoms with Crippen LogP contribution in [0, 0.1) is 35.5 Å². The Morgan fingerprint density at radius 3 is 1.45 bits per heavy atom. The van der Waals surface area contributed by atoms with E-state index >= 15 is 0 Å². The third kappa shape index (κ3) is 32.3. The van der Waals surface area contributed by atoms with E-state index < -0.39 is 19.5 Å². The van der Waals surface area contributed by atoms with Gasteiger partial charge in [0.1, 0.15) is 11.9 Å². The molecule has 4 aliphatic carbocycles. The minimum atomic E-state index is -3.28.